The Labute approximate surface area is 119 Å². The van der Waals surface area contributed by atoms with Gasteiger partial charge >= 0.3 is 0 Å². The number of hydrogen-bond acceptors (Lipinski definition) is 3. The largest absolute Gasteiger partial charge is 0.348 e. The summed E-state index contributed by atoms with van der Waals surface area (Å²) in [5.74, 6) is -0.534. The van der Waals surface area contributed by atoms with Crippen molar-refractivity contribution in [2.45, 2.75) is 19.9 Å². The van der Waals surface area contributed by atoms with Crippen LogP contribution in [0.15, 0.2) is 24.3 Å². The second kappa shape index (κ2) is 7.14. The molecule has 0 aromatic heterocycles. The molecule has 1 aromatic rings. The Kier molecular flexibility index (Phi) is 5.82. The third-order valence-corrected chi connectivity index (χ3v) is 3.30. The fraction of sp³-hybridized carbons (Fsp3) is 0.467. The van der Waals surface area contributed by atoms with E-state index in [9.17, 15) is 14.0 Å². The summed E-state index contributed by atoms with van der Waals surface area (Å²) in [6.45, 7) is 4.45. The van der Waals surface area contributed by atoms with Crippen molar-refractivity contribution in [2.24, 2.45) is 0 Å². The topological polar surface area (TPSA) is 40.6 Å². The standard InChI is InChI=1S/C15H21FN2O2/c1-5-18(10-14(19)17(3)4)11(2)15(20)12-6-8-13(16)9-7-12/h6-9,11H,5,10H2,1-4H3. The predicted octanol–water partition coefficient (Wildman–Crippen LogP) is 1.81. The van der Waals surface area contributed by atoms with Gasteiger partial charge < -0.3 is 4.90 Å². The van der Waals surface area contributed by atoms with Crippen LogP contribution in [0.5, 0.6) is 0 Å². The number of nitrogens with zero attached hydrogens (tertiary/aromatic N) is 2. The van der Waals surface area contributed by atoms with E-state index in [1.54, 1.807) is 25.9 Å². The van der Waals surface area contributed by atoms with Crippen LogP contribution in [-0.2, 0) is 4.79 Å². The first-order chi connectivity index (χ1) is 9.36. The number of rotatable bonds is 6. The maximum Gasteiger partial charge on any atom is 0.236 e. The van der Waals surface area contributed by atoms with Gasteiger partial charge in [0.25, 0.3) is 0 Å². The maximum absolute atomic E-state index is 12.9. The van der Waals surface area contributed by atoms with Gasteiger partial charge in [-0.15, -0.1) is 0 Å². The lowest BCUT2D eigenvalue weighted by molar-refractivity contribution is -0.130. The van der Waals surface area contributed by atoms with Crippen LogP contribution in [0.3, 0.4) is 0 Å². The molecule has 0 heterocycles. The van der Waals surface area contributed by atoms with Crippen LogP contribution in [0.2, 0.25) is 0 Å². The molecule has 0 radical (unpaired) electrons. The summed E-state index contributed by atoms with van der Waals surface area (Å²) in [5, 5.41) is 0. The Hall–Kier alpha value is -1.75. The predicted molar refractivity (Wildman–Crippen MR) is 76.1 cm³/mol. The third kappa shape index (κ3) is 4.13. The summed E-state index contributed by atoms with van der Waals surface area (Å²) in [6.07, 6.45) is 0. The van der Waals surface area contributed by atoms with E-state index in [0.717, 1.165) is 0 Å². The molecule has 0 saturated carbocycles. The van der Waals surface area contributed by atoms with E-state index in [4.69, 9.17) is 0 Å². The van der Waals surface area contributed by atoms with Gasteiger partial charge in [0.05, 0.1) is 12.6 Å². The van der Waals surface area contributed by atoms with Gasteiger partial charge in [-0.05, 0) is 37.7 Å². The zero-order valence-electron chi connectivity index (χ0n) is 12.4. The molecular formula is C15H21FN2O2. The van der Waals surface area contributed by atoms with Gasteiger partial charge in [0, 0.05) is 19.7 Å². The van der Waals surface area contributed by atoms with Crippen LogP contribution >= 0.6 is 0 Å². The minimum Gasteiger partial charge on any atom is -0.348 e. The molecule has 20 heavy (non-hydrogen) atoms. The molecule has 5 heteroatoms. The summed E-state index contributed by atoms with van der Waals surface area (Å²) in [6, 6.07) is 5.04. The number of carbonyl (C=O) groups is 2. The molecule has 0 aliphatic rings. The van der Waals surface area contributed by atoms with Gasteiger partial charge in [-0.25, -0.2) is 4.39 Å². The molecule has 0 N–H and O–H groups in total. The highest BCUT2D eigenvalue weighted by atomic mass is 19.1. The van der Waals surface area contributed by atoms with Crippen molar-refractivity contribution in [1.29, 1.82) is 0 Å². The molecule has 1 rings (SSSR count). The first-order valence-corrected chi connectivity index (χ1v) is 6.60. The average molecular weight is 280 g/mol. The van der Waals surface area contributed by atoms with Crippen LogP contribution < -0.4 is 0 Å². The van der Waals surface area contributed by atoms with Gasteiger partial charge in [-0.2, -0.15) is 0 Å². The van der Waals surface area contributed by atoms with Crippen molar-refractivity contribution in [2.75, 3.05) is 27.2 Å². The molecule has 0 bridgehead atoms. The minimum atomic E-state index is -0.422. The number of amides is 1. The Morgan fingerprint density at radius 1 is 1.20 bits per heavy atom. The number of hydrogen-bond donors (Lipinski definition) is 0. The SMILES string of the molecule is CCN(CC(=O)N(C)C)C(C)C(=O)c1ccc(F)cc1. The molecule has 0 aliphatic heterocycles. The zero-order chi connectivity index (χ0) is 15.3. The van der Waals surface area contributed by atoms with Gasteiger partial charge in [-0.3, -0.25) is 14.5 Å². The third-order valence-electron chi connectivity index (χ3n) is 3.30. The molecule has 1 atom stereocenters. The summed E-state index contributed by atoms with van der Waals surface area (Å²) in [7, 11) is 3.37. The highest BCUT2D eigenvalue weighted by Crippen LogP contribution is 2.10. The van der Waals surface area contributed by atoms with Gasteiger partial charge in [0.2, 0.25) is 5.91 Å². The lowest BCUT2D eigenvalue weighted by atomic mass is 10.0. The number of likely N-dealkylation sites (N-methyl/N-ethyl adjacent to an activating group) is 2. The number of benzene rings is 1. The number of ketones is 1. The average Bonchev–Trinajstić information content (AvgIpc) is 2.43. The lowest BCUT2D eigenvalue weighted by Crippen LogP contribution is -2.44. The summed E-state index contributed by atoms with van der Waals surface area (Å²) in [4.78, 5) is 27.4. The van der Waals surface area contributed by atoms with Crippen LogP contribution in [0, 0.1) is 5.82 Å². The zero-order valence-corrected chi connectivity index (χ0v) is 12.4. The molecule has 110 valence electrons. The van der Waals surface area contributed by atoms with Crippen molar-refractivity contribution in [3.63, 3.8) is 0 Å². The van der Waals surface area contributed by atoms with Gasteiger partial charge in [0.1, 0.15) is 5.82 Å². The number of halogens is 1. The Bertz CT molecular complexity index is 471. The molecule has 1 aromatic carbocycles. The van der Waals surface area contributed by atoms with Crippen molar-refractivity contribution in [3.8, 4) is 0 Å². The summed E-state index contributed by atoms with van der Waals surface area (Å²) >= 11 is 0. The second-order valence-electron chi connectivity index (χ2n) is 4.90. The maximum atomic E-state index is 12.9. The number of Topliss-reactive ketones (excluding diaryl/α,β-unsaturated/α-hetero) is 1. The smallest absolute Gasteiger partial charge is 0.236 e. The van der Waals surface area contributed by atoms with Crippen molar-refractivity contribution in [1.82, 2.24) is 9.80 Å². The van der Waals surface area contributed by atoms with Crippen molar-refractivity contribution >= 4 is 11.7 Å². The molecular weight excluding hydrogens is 259 g/mol. The van der Waals surface area contributed by atoms with E-state index in [1.807, 2.05) is 6.92 Å². The van der Waals surface area contributed by atoms with Crippen molar-refractivity contribution < 1.29 is 14.0 Å². The minimum absolute atomic E-state index is 0.0504. The fourth-order valence-electron chi connectivity index (χ4n) is 1.86. The molecule has 1 amide bonds. The Morgan fingerprint density at radius 2 is 1.75 bits per heavy atom. The molecule has 4 nitrogen and oxygen atoms in total. The summed E-state index contributed by atoms with van der Waals surface area (Å²) < 4.78 is 12.9. The quantitative estimate of drug-likeness (QED) is 0.746. The Morgan fingerprint density at radius 3 is 2.20 bits per heavy atom. The van der Waals surface area contributed by atoms with Gasteiger partial charge in [-0.1, -0.05) is 6.92 Å². The molecule has 0 spiro atoms. The van der Waals surface area contributed by atoms with E-state index >= 15 is 0 Å². The molecule has 0 fully saturated rings. The van der Waals surface area contributed by atoms with Crippen LogP contribution in [-0.4, -0.2) is 54.7 Å². The lowest BCUT2D eigenvalue weighted by Gasteiger charge is -2.27. The molecule has 1 unspecified atom stereocenters. The van der Waals surface area contributed by atoms with Crippen LogP contribution in [0.1, 0.15) is 24.2 Å². The fourth-order valence-corrected chi connectivity index (χ4v) is 1.86. The highest BCUT2D eigenvalue weighted by Gasteiger charge is 2.23. The van der Waals surface area contributed by atoms with Crippen LogP contribution in [0.4, 0.5) is 4.39 Å². The molecule has 0 aliphatic carbocycles. The normalized spacial score (nSPS) is 12.3. The summed E-state index contributed by atoms with van der Waals surface area (Å²) in [5.41, 5.74) is 0.453. The van der Waals surface area contributed by atoms with Gasteiger partial charge in [0.15, 0.2) is 5.78 Å². The first kappa shape index (κ1) is 16.3. The van der Waals surface area contributed by atoms with E-state index in [2.05, 4.69) is 0 Å². The van der Waals surface area contributed by atoms with E-state index < -0.39 is 6.04 Å². The van der Waals surface area contributed by atoms with E-state index in [-0.39, 0.29) is 24.1 Å². The van der Waals surface area contributed by atoms with E-state index in [1.165, 1.54) is 29.2 Å². The first-order valence-electron chi connectivity index (χ1n) is 6.60. The van der Waals surface area contributed by atoms with Crippen molar-refractivity contribution in [3.05, 3.63) is 35.6 Å². The monoisotopic (exact) mass is 280 g/mol. The van der Waals surface area contributed by atoms with E-state index in [0.29, 0.717) is 12.1 Å². The highest BCUT2D eigenvalue weighted by molar-refractivity contribution is 6.00. The molecule has 0 saturated heterocycles. The Balaban J connectivity index is 2.80. The number of carbonyl (C=O) groups excluding carboxylic acids is 2. The van der Waals surface area contributed by atoms with Crippen LogP contribution in [0.25, 0.3) is 0 Å². The second-order valence-corrected chi connectivity index (χ2v) is 4.90.